The van der Waals surface area contributed by atoms with Gasteiger partial charge in [0.05, 0.1) is 0 Å². The van der Waals surface area contributed by atoms with E-state index >= 15 is 0 Å². The van der Waals surface area contributed by atoms with Crippen molar-refractivity contribution in [3.8, 4) is 0 Å². The van der Waals surface area contributed by atoms with Crippen LogP contribution in [0.4, 0.5) is 0 Å². The van der Waals surface area contributed by atoms with Gasteiger partial charge in [-0.05, 0) is 31.4 Å². The Hall–Kier alpha value is -0.770. The van der Waals surface area contributed by atoms with Crippen LogP contribution in [0.25, 0.3) is 0 Å². The van der Waals surface area contributed by atoms with E-state index in [1.54, 1.807) is 11.8 Å². The van der Waals surface area contributed by atoms with Gasteiger partial charge in [-0.15, -0.1) is 0 Å². The Balaban J connectivity index is 2.90. The van der Waals surface area contributed by atoms with Crippen LogP contribution < -0.4 is 5.56 Å². The molecule has 1 N–H and O–H groups in total. The largest absolute Gasteiger partial charge is 0.301 e. The number of aryl methyl sites for hydroxylation is 1. The summed E-state index contributed by atoms with van der Waals surface area (Å²) < 4.78 is 0. The van der Waals surface area contributed by atoms with E-state index in [4.69, 9.17) is 0 Å². The summed E-state index contributed by atoms with van der Waals surface area (Å²) in [4.78, 5) is 19.1. The van der Waals surface area contributed by atoms with Gasteiger partial charge in [0.1, 0.15) is 0 Å². The monoisotopic (exact) mass is 240 g/mol. The van der Waals surface area contributed by atoms with Crippen LogP contribution >= 0.6 is 11.8 Å². The summed E-state index contributed by atoms with van der Waals surface area (Å²) in [6.45, 7) is 8.30. The lowest BCUT2D eigenvalue weighted by Gasteiger charge is -2.07. The average molecular weight is 240 g/mol. The maximum absolute atomic E-state index is 11.8. The summed E-state index contributed by atoms with van der Waals surface area (Å²) in [5.41, 5.74) is 1.75. The fraction of sp³-hybridized carbons (Fsp3) is 0.667. The SMILES string of the molecule is CCSc1nc(C)c(CCC(C)C)c(=O)[nH]1. The standard InChI is InChI=1S/C12H20N2OS/c1-5-16-12-13-9(4)10(11(15)14-12)7-6-8(2)3/h8H,5-7H2,1-4H3,(H,13,14,15). The Kier molecular flexibility index (Phi) is 5.06. The molecule has 0 fully saturated rings. The van der Waals surface area contributed by atoms with E-state index in [0.717, 1.165) is 35.0 Å². The number of nitrogens with zero attached hydrogens (tertiary/aromatic N) is 1. The van der Waals surface area contributed by atoms with Gasteiger partial charge in [-0.2, -0.15) is 0 Å². The van der Waals surface area contributed by atoms with E-state index in [9.17, 15) is 4.79 Å². The van der Waals surface area contributed by atoms with Gasteiger partial charge in [0, 0.05) is 11.3 Å². The maximum atomic E-state index is 11.8. The molecule has 4 heteroatoms. The molecule has 0 amide bonds. The lowest BCUT2D eigenvalue weighted by Crippen LogP contribution is -2.17. The first kappa shape index (κ1) is 13.3. The lowest BCUT2D eigenvalue weighted by atomic mass is 10.0. The minimum Gasteiger partial charge on any atom is -0.301 e. The second-order valence-electron chi connectivity index (χ2n) is 4.30. The number of thioether (sulfide) groups is 1. The van der Waals surface area contributed by atoms with Crippen LogP contribution in [0.2, 0.25) is 0 Å². The highest BCUT2D eigenvalue weighted by atomic mass is 32.2. The number of hydrogen-bond donors (Lipinski definition) is 1. The molecule has 0 radical (unpaired) electrons. The number of rotatable bonds is 5. The van der Waals surface area contributed by atoms with Crippen LogP contribution in [0.3, 0.4) is 0 Å². The molecule has 1 rings (SSSR count). The van der Waals surface area contributed by atoms with Gasteiger partial charge in [0.25, 0.3) is 5.56 Å². The van der Waals surface area contributed by atoms with Crippen LogP contribution in [0.1, 0.15) is 38.4 Å². The molecule has 0 unspecified atom stereocenters. The Morgan fingerprint density at radius 3 is 2.62 bits per heavy atom. The molecule has 1 aromatic rings. The molecule has 0 aliphatic rings. The van der Waals surface area contributed by atoms with Crippen molar-refractivity contribution in [3.05, 3.63) is 21.6 Å². The molecule has 0 aromatic carbocycles. The number of hydrogen-bond acceptors (Lipinski definition) is 3. The number of aromatic amines is 1. The molecule has 0 bridgehead atoms. The van der Waals surface area contributed by atoms with Crippen LogP contribution in [-0.4, -0.2) is 15.7 Å². The van der Waals surface area contributed by atoms with Crippen LogP contribution in [-0.2, 0) is 6.42 Å². The normalized spacial score (nSPS) is 11.1. The van der Waals surface area contributed by atoms with E-state index in [1.807, 2.05) is 13.8 Å². The predicted octanol–water partition coefficient (Wildman–Crippen LogP) is 2.78. The smallest absolute Gasteiger partial charge is 0.254 e. The van der Waals surface area contributed by atoms with E-state index in [-0.39, 0.29) is 5.56 Å². The van der Waals surface area contributed by atoms with E-state index in [2.05, 4.69) is 23.8 Å². The van der Waals surface area contributed by atoms with Crippen molar-refractivity contribution in [1.82, 2.24) is 9.97 Å². The number of nitrogens with one attached hydrogen (secondary N) is 1. The molecular formula is C12H20N2OS. The maximum Gasteiger partial charge on any atom is 0.254 e. The fourth-order valence-corrected chi connectivity index (χ4v) is 2.16. The molecule has 0 saturated heterocycles. The zero-order valence-corrected chi connectivity index (χ0v) is 11.3. The first-order chi connectivity index (χ1) is 7.54. The van der Waals surface area contributed by atoms with Crippen molar-refractivity contribution in [2.75, 3.05) is 5.75 Å². The van der Waals surface area contributed by atoms with Gasteiger partial charge in [0.15, 0.2) is 5.16 Å². The highest BCUT2D eigenvalue weighted by Gasteiger charge is 2.08. The topological polar surface area (TPSA) is 45.8 Å². The third-order valence-electron chi connectivity index (χ3n) is 2.45. The molecule has 1 aromatic heterocycles. The molecule has 90 valence electrons. The minimum absolute atomic E-state index is 0.0316. The van der Waals surface area contributed by atoms with Gasteiger partial charge < -0.3 is 4.98 Å². The summed E-state index contributed by atoms with van der Waals surface area (Å²) >= 11 is 1.57. The summed E-state index contributed by atoms with van der Waals surface area (Å²) in [6.07, 6.45) is 1.86. The van der Waals surface area contributed by atoms with Crippen molar-refractivity contribution < 1.29 is 0 Å². The molecule has 16 heavy (non-hydrogen) atoms. The Labute approximate surface area is 101 Å². The van der Waals surface area contributed by atoms with Crippen molar-refractivity contribution in [2.45, 2.75) is 45.7 Å². The minimum atomic E-state index is 0.0316. The molecule has 0 atom stereocenters. The molecule has 0 aliphatic carbocycles. The van der Waals surface area contributed by atoms with Crippen molar-refractivity contribution in [1.29, 1.82) is 0 Å². The molecule has 3 nitrogen and oxygen atoms in total. The molecule has 0 aliphatic heterocycles. The zero-order chi connectivity index (χ0) is 12.1. The van der Waals surface area contributed by atoms with Gasteiger partial charge in [-0.3, -0.25) is 4.79 Å². The summed E-state index contributed by atoms with van der Waals surface area (Å²) in [5.74, 6) is 1.54. The van der Waals surface area contributed by atoms with Crippen LogP contribution in [0.5, 0.6) is 0 Å². The molecular weight excluding hydrogens is 220 g/mol. The third kappa shape index (κ3) is 3.67. The van der Waals surface area contributed by atoms with E-state index in [0.29, 0.717) is 5.92 Å². The Morgan fingerprint density at radius 2 is 2.12 bits per heavy atom. The van der Waals surface area contributed by atoms with Gasteiger partial charge in [-0.25, -0.2) is 4.98 Å². The zero-order valence-electron chi connectivity index (χ0n) is 10.5. The number of aromatic nitrogens is 2. The molecule has 1 heterocycles. The Morgan fingerprint density at radius 1 is 1.44 bits per heavy atom. The quantitative estimate of drug-likeness (QED) is 0.636. The van der Waals surface area contributed by atoms with Gasteiger partial charge >= 0.3 is 0 Å². The van der Waals surface area contributed by atoms with Gasteiger partial charge in [0.2, 0.25) is 0 Å². The second kappa shape index (κ2) is 6.09. The summed E-state index contributed by atoms with van der Waals surface area (Å²) in [6, 6.07) is 0. The lowest BCUT2D eigenvalue weighted by molar-refractivity contribution is 0.580. The molecule has 0 spiro atoms. The van der Waals surface area contributed by atoms with E-state index < -0.39 is 0 Å². The summed E-state index contributed by atoms with van der Waals surface area (Å²) in [5, 5.41) is 0.735. The predicted molar refractivity (Wildman–Crippen MR) is 69.2 cm³/mol. The molecule has 0 saturated carbocycles. The fourth-order valence-electron chi connectivity index (χ4n) is 1.52. The van der Waals surface area contributed by atoms with Crippen LogP contribution in [0.15, 0.2) is 9.95 Å². The van der Waals surface area contributed by atoms with Gasteiger partial charge in [-0.1, -0.05) is 32.5 Å². The van der Waals surface area contributed by atoms with Crippen molar-refractivity contribution in [3.63, 3.8) is 0 Å². The van der Waals surface area contributed by atoms with Crippen LogP contribution in [0, 0.1) is 12.8 Å². The second-order valence-corrected chi connectivity index (χ2v) is 5.55. The summed E-state index contributed by atoms with van der Waals surface area (Å²) in [7, 11) is 0. The highest BCUT2D eigenvalue weighted by molar-refractivity contribution is 7.99. The van der Waals surface area contributed by atoms with Crippen molar-refractivity contribution in [2.24, 2.45) is 5.92 Å². The number of H-pyrrole nitrogens is 1. The third-order valence-corrected chi connectivity index (χ3v) is 3.21. The first-order valence-electron chi connectivity index (χ1n) is 5.77. The van der Waals surface area contributed by atoms with Crippen molar-refractivity contribution >= 4 is 11.8 Å². The highest BCUT2D eigenvalue weighted by Crippen LogP contribution is 2.13. The average Bonchev–Trinajstić information content (AvgIpc) is 2.16. The Bertz CT molecular complexity index is 398. The van der Waals surface area contributed by atoms with E-state index in [1.165, 1.54) is 0 Å². The first-order valence-corrected chi connectivity index (χ1v) is 6.75.